The Morgan fingerprint density at radius 3 is 2.48 bits per heavy atom. The van der Waals surface area contributed by atoms with E-state index in [0.717, 1.165) is 30.4 Å². The van der Waals surface area contributed by atoms with Crippen LogP contribution in [-0.4, -0.2) is 31.9 Å². The largest absolute Gasteiger partial charge is 0.454 e. The molecular weight excluding hydrogens is 340 g/mol. The topological polar surface area (TPSA) is 44.8 Å². The first-order valence-corrected chi connectivity index (χ1v) is 9.43. The maximum absolute atomic E-state index is 12.0. The van der Waals surface area contributed by atoms with Crippen LogP contribution in [0.3, 0.4) is 0 Å². The van der Waals surface area contributed by atoms with E-state index in [9.17, 15) is 4.79 Å². The minimum atomic E-state index is -0.350. The lowest BCUT2D eigenvalue weighted by Gasteiger charge is -2.12. The summed E-state index contributed by atoms with van der Waals surface area (Å²) >= 11 is 0. The number of rotatable bonds is 9. The second-order valence-electron chi connectivity index (χ2n) is 6.63. The lowest BCUT2D eigenvalue weighted by molar-refractivity contribution is -0.153. The van der Waals surface area contributed by atoms with Gasteiger partial charge < -0.3 is 14.2 Å². The third kappa shape index (κ3) is 6.66. The Balaban J connectivity index is 1.37. The van der Waals surface area contributed by atoms with Crippen molar-refractivity contribution in [1.29, 1.82) is 0 Å². The molecule has 0 aromatic heterocycles. The van der Waals surface area contributed by atoms with Gasteiger partial charge in [0.15, 0.2) is 0 Å². The van der Waals surface area contributed by atoms with Crippen molar-refractivity contribution >= 4 is 5.97 Å². The first-order chi connectivity index (χ1) is 13.3. The van der Waals surface area contributed by atoms with Gasteiger partial charge in [-0.1, -0.05) is 66.7 Å². The number of benzene rings is 2. The Morgan fingerprint density at radius 2 is 1.74 bits per heavy atom. The molecule has 2 aromatic carbocycles. The predicted molar refractivity (Wildman–Crippen MR) is 104 cm³/mol. The molecule has 27 heavy (non-hydrogen) atoms. The van der Waals surface area contributed by atoms with Gasteiger partial charge in [0.05, 0.1) is 19.8 Å². The highest BCUT2D eigenvalue weighted by Gasteiger charge is 2.25. The van der Waals surface area contributed by atoms with Crippen molar-refractivity contribution in [2.24, 2.45) is 0 Å². The van der Waals surface area contributed by atoms with Gasteiger partial charge >= 0.3 is 5.97 Å². The lowest BCUT2D eigenvalue weighted by Crippen LogP contribution is -2.23. The van der Waals surface area contributed by atoms with Crippen LogP contribution in [0.4, 0.5) is 0 Å². The van der Waals surface area contributed by atoms with E-state index < -0.39 is 0 Å². The molecule has 0 amide bonds. The van der Waals surface area contributed by atoms with E-state index in [0.29, 0.717) is 19.8 Å². The molecule has 0 N–H and O–H groups in total. The summed E-state index contributed by atoms with van der Waals surface area (Å²) in [6.07, 6.45) is 4.93. The summed E-state index contributed by atoms with van der Waals surface area (Å²) in [6.45, 7) is 1.31. The lowest BCUT2D eigenvalue weighted by atomic mass is 10.1. The molecule has 0 unspecified atom stereocenters. The SMILES string of the molecule is O=C(COCc1ccccc1)O[C@H]1COC/C1=C\CCCc1ccccc1. The highest BCUT2D eigenvalue weighted by atomic mass is 16.6. The van der Waals surface area contributed by atoms with Gasteiger partial charge in [-0.2, -0.15) is 0 Å². The average molecular weight is 366 g/mol. The standard InChI is InChI=1S/C23H26O4/c24-23(18-25-15-20-12-5-2-6-13-20)27-22-17-26-16-21(22)14-8-7-11-19-9-3-1-4-10-19/h1-6,9-10,12-14,22H,7-8,11,15-18H2/b21-14+/t22-/m0/s1. The highest BCUT2D eigenvalue weighted by molar-refractivity contribution is 5.71. The van der Waals surface area contributed by atoms with E-state index in [4.69, 9.17) is 14.2 Å². The molecule has 0 spiro atoms. The molecule has 142 valence electrons. The molecule has 0 aliphatic carbocycles. The predicted octanol–water partition coefficient (Wildman–Crippen LogP) is 4.09. The van der Waals surface area contributed by atoms with Gasteiger partial charge in [0.25, 0.3) is 0 Å². The van der Waals surface area contributed by atoms with E-state index >= 15 is 0 Å². The summed E-state index contributed by atoms with van der Waals surface area (Å²) in [5.41, 5.74) is 3.44. The summed E-state index contributed by atoms with van der Waals surface area (Å²) < 4.78 is 16.4. The van der Waals surface area contributed by atoms with E-state index in [-0.39, 0.29) is 18.7 Å². The normalized spacial score (nSPS) is 17.9. The number of allylic oxidation sites excluding steroid dienone is 1. The van der Waals surface area contributed by atoms with Crippen LogP contribution >= 0.6 is 0 Å². The van der Waals surface area contributed by atoms with Gasteiger partial charge in [-0.05, 0) is 36.0 Å². The van der Waals surface area contributed by atoms with Crippen molar-refractivity contribution in [2.45, 2.75) is 32.0 Å². The van der Waals surface area contributed by atoms with Crippen LogP contribution in [0.5, 0.6) is 0 Å². The van der Waals surface area contributed by atoms with E-state index in [1.165, 1.54) is 5.56 Å². The van der Waals surface area contributed by atoms with Crippen LogP contribution in [0.1, 0.15) is 24.0 Å². The monoisotopic (exact) mass is 366 g/mol. The molecule has 1 fully saturated rings. The maximum atomic E-state index is 12.0. The number of carbonyl (C=O) groups excluding carboxylic acids is 1. The van der Waals surface area contributed by atoms with Gasteiger partial charge in [0.2, 0.25) is 0 Å². The number of aryl methyl sites for hydroxylation is 1. The second kappa shape index (κ2) is 10.7. The number of hydrogen-bond acceptors (Lipinski definition) is 4. The fourth-order valence-electron chi connectivity index (χ4n) is 3.04. The molecule has 1 aliphatic heterocycles. The Kier molecular flexibility index (Phi) is 7.63. The molecule has 1 saturated heterocycles. The van der Waals surface area contributed by atoms with Crippen LogP contribution in [0.25, 0.3) is 0 Å². The first kappa shape index (κ1) is 19.3. The van der Waals surface area contributed by atoms with Gasteiger partial charge in [-0.25, -0.2) is 4.79 Å². The Morgan fingerprint density at radius 1 is 1.04 bits per heavy atom. The van der Waals surface area contributed by atoms with Crippen molar-refractivity contribution in [2.75, 3.05) is 19.8 Å². The molecule has 0 saturated carbocycles. The van der Waals surface area contributed by atoms with Gasteiger partial charge in [0, 0.05) is 0 Å². The molecule has 1 heterocycles. The molecule has 1 aliphatic rings. The zero-order chi connectivity index (χ0) is 18.7. The summed E-state index contributed by atoms with van der Waals surface area (Å²) in [5.74, 6) is -0.350. The van der Waals surface area contributed by atoms with Crippen LogP contribution in [0, 0.1) is 0 Å². The number of ether oxygens (including phenoxy) is 3. The van der Waals surface area contributed by atoms with Crippen LogP contribution in [0.2, 0.25) is 0 Å². The van der Waals surface area contributed by atoms with E-state index in [1.807, 2.05) is 36.4 Å². The first-order valence-electron chi connectivity index (χ1n) is 9.43. The molecule has 3 rings (SSSR count). The Labute approximate surface area is 160 Å². The van der Waals surface area contributed by atoms with Crippen molar-refractivity contribution in [1.82, 2.24) is 0 Å². The zero-order valence-corrected chi connectivity index (χ0v) is 15.5. The number of carbonyl (C=O) groups is 1. The van der Waals surface area contributed by atoms with Crippen LogP contribution in [0.15, 0.2) is 72.3 Å². The molecular formula is C23H26O4. The van der Waals surface area contributed by atoms with E-state index in [1.54, 1.807) is 0 Å². The molecule has 2 aromatic rings. The summed E-state index contributed by atoms with van der Waals surface area (Å²) in [7, 11) is 0. The number of esters is 1. The van der Waals surface area contributed by atoms with Crippen molar-refractivity contribution in [3.8, 4) is 0 Å². The van der Waals surface area contributed by atoms with Gasteiger partial charge in [0.1, 0.15) is 12.7 Å². The molecule has 1 atom stereocenters. The summed E-state index contributed by atoms with van der Waals surface area (Å²) in [4.78, 5) is 12.0. The highest BCUT2D eigenvalue weighted by Crippen LogP contribution is 2.18. The molecule has 0 radical (unpaired) electrons. The molecule has 4 heteroatoms. The van der Waals surface area contributed by atoms with Crippen LogP contribution in [-0.2, 0) is 32.0 Å². The minimum absolute atomic E-state index is 0.0489. The third-order valence-corrected chi connectivity index (χ3v) is 4.48. The fraction of sp³-hybridized carbons (Fsp3) is 0.348. The minimum Gasteiger partial charge on any atom is -0.454 e. The summed E-state index contributed by atoms with van der Waals surface area (Å²) in [6, 6.07) is 20.2. The van der Waals surface area contributed by atoms with Crippen molar-refractivity contribution in [3.63, 3.8) is 0 Å². The maximum Gasteiger partial charge on any atom is 0.332 e. The zero-order valence-electron chi connectivity index (χ0n) is 15.5. The van der Waals surface area contributed by atoms with Crippen LogP contribution < -0.4 is 0 Å². The Bertz CT molecular complexity index is 725. The Hall–Kier alpha value is -2.43. The number of hydrogen-bond donors (Lipinski definition) is 0. The van der Waals surface area contributed by atoms with Crippen molar-refractivity contribution < 1.29 is 19.0 Å². The molecule has 4 nitrogen and oxygen atoms in total. The van der Waals surface area contributed by atoms with Gasteiger partial charge in [-0.3, -0.25) is 0 Å². The van der Waals surface area contributed by atoms with E-state index in [2.05, 4.69) is 30.3 Å². The smallest absolute Gasteiger partial charge is 0.332 e. The van der Waals surface area contributed by atoms with Crippen molar-refractivity contribution in [3.05, 3.63) is 83.4 Å². The summed E-state index contributed by atoms with van der Waals surface area (Å²) in [5, 5.41) is 0. The average Bonchev–Trinajstić information content (AvgIpc) is 3.14. The number of unbranched alkanes of at least 4 members (excludes halogenated alkanes) is 1. The molecule has 0 bridgehead atoms. The fourth-order valence-corrected chi connectivity index (χ4v) is 3.04. The quantitative estimate of drug-likeness (QED) is 0.381. The van der Waals surface area contributed by atoms with Gasteiger partial charge in [-0.15, -0.1) is 0 Å². The second-order valence-corrected chi connectivity index (χ2v) is 6.63. The third-order valence-electron chi connectivity index (χ3n) is 4.48.